The second kappa shape index (κ2) is 6.91. The van der Waals surface area contributed by atoms with Crippen molar-refractivity contribution in [3.63, 3.8) is 0 Å². The van der Waals surface area contributed by atoms with Crippen LogP contribution >= 0.6 is 0 Å². The van der Waals surface area contributed by atoms with Crippen LogP contribution in [0.15, 0.2) is 42.5 Å². The summed E-state index contributed by atoms with van der Waals surface area (Å²) in [7, 11) is 0. The van der Waals surface area contributed by atoms with E-state index in [9.17, 15) is 14.4 Å². The molecule has 3 amide bonds. The van der Waals surface area contributed by atoms with E-state index in [0.29, 0.717) is 5.56 Å². The van der Waals surface area contributed by atoms with E-state index in [0.717, 1.165) is 10.8 Å². The minimum Gasteiger partial charge on any atom is -0.448 e. The van der Waals surface area contributed by atoms with Crippen LogP contribution in [-0.4, -0.2) is 24.0 Å². The van der Waals surface area contributed by atoms with Crippen LogP contribution in [0.3, 0.4) is 0 Å². The van der Waals surface area contributed by atoms with E-state index in [1.54, 1.807) is 32.0 Å². The highest BCUT2D eigenvalue weighted by atomic mass is 16.5. The van der Waals surface area contributed by atoms with Crippen molar-refractivity contribution in [1.82, 2.24) is 5.32 Å². The van der Waals surface area contributed by atoms with Crippen molar-refractivity contribution in [2.24, 2.45) is 11.7 Å². The van der Waals surface area contributed by atoms with Gasteiger partial charge in [0.1, 0.15) is 0 Å². The third-order valence-corrected chi connectivity index (χ3v) is 3.35. The summed E-state index contributed by atoms with van der Waals surface area (Å²) in [5.41, 5.74) is 5.30. The Balaban J connectivity index is 2.27. The van der Waals surface area contributed by atoms with Gasteiger partial charge >= 0.3 is 12.0 Å². The summed E-state index contributed by atoms with van der Waals surface area (Å²) in [4.78, 5) is 35.2. The van der Waals surface area contributed by atoms with Crippen molar-refractivity contribution in [3.05, 3.63) is 48.0 Å². The summed E-state index contributed by atoms with van der Waals surface area (Å²) in [5, 5.41) is 3.57. The van der Waals surface area contributed by atoms with Crippen LogP contribution in [0.2, 0.25) is 0 Å². The molecule has 120 valence electrons. The summed E-state index contributed by atoms with van der Waals surface area (Å²) in [6.45, 7) is 3.42. The molecule has 23 heavy (non-hydrogen) atoms. The van der Waals surface area contributed by atoms with E-state index in [1.807, 2.05) is 29.6 Å². The highest BCUT2D eigenvalue weighted by molar-refractivity contribution is 6.05. The maximum absolute atomic E-state index is 12.4. The number of amides is 3. The van der Waals surface area contributed by atoms with Crippen molar-refractivity contribution >= 4 is 28.7 Å². The molecular weight excluding hydrogens is 296 g/mol. The average molecular weight is 314 g/mol. The molecule has 0 unspecified atom stereocenters. The molecule has 6 nitrogen and oxygen atoms in total. The monoisotopic (exact) mass is 314 g/mol. The smallest absolute Gasteiger partial charge is 0.339 e. The van der Waals surface area contributed by atoms with Gasteiger partial charge in [0.25, 0.3) is 5.91 Å². The number of imide groups is 1. The lowest BCUT2D eigenvalue weighted by atomic mass is 10.0. The van der Waals surface area contributed by atoms with E-state index in [2.05, 4.69) is 0 Å². The summed E-state index contributed by atoms with van der Waals surface area (Å²) in [6, 6.07) is 11.6. The fourth-order valence-electron chi connectivity index (χ4n) is 2.27. The molecule has 0 fully saturated rings. The lowest BCUT2D eigenvalue weighted by molar-refractivity contribution is -0.130. The highest BCUT2D eigenvalue weighted by Gasteiger charge is 2.28. The summed E-state index contributed by atoms with van der Waals surface area (Å²) in [6.07, 6.45) is -1.10. The van der Waals surface area contributed by atoms with E-state index in [-0.39, 0.29) is 5.92 Å². The van der Waals surface area contributed by atoms with Gasteiger partial charge in [-0.1, -0.05) is 50.2 Å². The number of nitrogens with two attached hydrogens (primary N) is 1. The highest BCUT2D eigenvalue weighted by Crippen LogP contribution is 2.20. The zero-order valence-electron chi connectivity index (χ0n) is 12.9. The molecule has 0 heterocycles. The van der Waals surface area contributed by atoms with E-state index >= 15 is 0 Å². The number of nitrogens with one attached hydrogen (secondary N) is 1. The van der Waals surface area contributed by atoms with Gasteiger partial charge < -0.3 is 10.5 Å². The van der Waals surface area contributed by atoms with Crippen LogP contribution in [0.5, 0.6) is 0 Å². The Morgan fingerprint density at radius 1 is 1.04 bits per heavy atom. The zero-order chi connectivity index (χ0) is 17.0. The molecule has 0 aliphatic heterocycles. The Kier molecular flexibility index (Phi) is 4.95. The third-order valence-electron chi connectivity index (χ3n) is 3.35. The van der Waals surface area contributed by atoms with Gasteiger partial charge in [-0.2, -0.15) is 0 Å². The van der Waals surface area contributed by atoms with Gasteiger partial charge in [0.2, 0.25) is 0 Å². The molecule has 0 aromatic heterocycles. The Hall–Kier alpha value is -2.89. The van der Waals surface area contributed by atoms with Crippen molar-refractivity contribution in [2.75, 3.05) is 0 Å². The zero-order valence-corrected chi connectivity index (χ0v) is 12.9. The van der Waals surface area contributed by atoms with Crippen molar-refractivity contribution in [1.29, 1.82) is 0 Å². The van der Waals surface area contributed by atoms with E-state index in [1.165, 1.54) is 0 Å². The van der Waals surface area contributed by atoms with Gasteiger partial charge in [0, 0.05) is 0 Å². The van der Waals surface area contributed by atoms with Crippen LogP contribution < -0.4 is 11.1 Å². The maximum atomic E-state index is 12.4. The van der Waals surface area contributed by atoms with Crippen molar-refractivity contribution in [3.8, 4) is 0 Å². The molecule has 2 aromatic rings. The molecule has 0 bridgehead atoms. The summed E-state index contributed by atoms with van der Waals surface area (Å²) in [5.74, 6) is -1.67. The number of urea groups is 1. The lowest BCUT2D eigenvalue weighted by Crippen LogP contribution is -2.45. The van der Waals surface area contributed by atoms with Crippen LogP contribution in [0.1, 0.15) is 24.2 Å². The maximum Gasteiger partial charge on any atom is 0.339 e. The first-order chi connectivity index (χ1) is 10.9. The third kappa shape index (κ3) is 3.85. The van der Waals surface area contributed by atoms with Gasteiger partial charge in [0.15, 0.2) is 6.10 Å². The fraction of sp³-hybridized carbons (Fsp3) is 0.235. The number of esters is 1. The first-order valence-electron chi connectivity index (χ1n) is 7.19. The van der Waals surface area contributed by atoms with Gasteiger partial charge in [0.05, 0.1) is 5.56 Å². The predicted octanol–water partition coefficient (Wildman–Crippen LogP) is 2.22. The molecule has 6 heteroatoms. The van der Waals surface area contributed by atoms with Crippen LogP contribution in [0.4, 0.5) is 4.79 Å². The molecule has 0 aliphatic carbocycles. The minimum absolute atomic E-state index is 0.312. The number of hydrogen-bond donors (Lipinski definition) is 2. The van der Waals surface area contributed by atoms with Gasteiger partial charge in [-0.05, 0) is 22.8 Å². The van der Waals surface area contributed by atoms with Gasteiger partial charge in [-0.15, -0.1) is 0 Å². The number of rotatable bonds is 4. The normalized spacial score (nSPS) is 12.0. The van der Waals surface area contributed by atoms with Crippen LogP contribution in [0.25, 0.3) is 10.8 Å². The number of ether oxygens (including phenoxy) is 1. The molecule has 3 N–H and O–H groups in total. The SMILES string of the molecule is CC(C)[C@@H](OC(=O)c1cccc2ccccc12)C(=O)NC(N)=O. The number of hydrogen-bond acceptors (Lipinski definition) is 4. The predicted molar refractivity (Wildman–Crippen MR) is 85.7 cm³/mol. The fourth-order valence-corrected chi connectivity index (χ4v) is 2.27. The molecule has 0 aliphatic rings. The number of primary amides is 1. The molecule has 0 radical (unpaired) electrons. The summed E-state index contributed by atoms with van der Waals surface area (Å²) >= 11 is 0. The number of carbonyl (C=O) groups excluding carboxylic acids is 3. The molecule has 1 atom stereocenters. The topological polar surface area (TPSA) is 98.5 Å². The first-order valence-corrected chi connectivity index (χ1v) is 7.19. The number of carbonyl (C=O) groups is 3. The minimum atomic E-state index is -1.10. The van der Waals surface area contributed by atoms with Crippen LogP contribution in [-0.2, 0) is 9.53 Å². The largest absolute Gasteiger partial charge is 0.448 e. The Morgan fingerprint density at radius 2 is 1.70 bits per heavy atom. The van der Waals surface area contributed by atoms with Gasteiger partial charge in [-0.25, -0.2) is 9.59 Å². The van der Waals surface area contributed by atoms with Crippen molar-refractivity contribution in [2.45, 2.75) is 20.0 Å². The number of fused-ring (bicyclic) bond motifs is 1. The molecule has 0 saturated heterocycles. The Bertz CT molecular complexity index is 750. The second-order valence-corrected chi connectivity index (χ2v) is 5.45. The molecule has 2 aromatic carbocycles. The molecule has 0 saturated carbocycles. The standard InChI is InChI=1S/C17H18N2O4/c1-10(2)14(15(20)19-17(18)22)23-16(21)13-9-5-7-11-6-3-4-8-12(11)13/h3-10,14H,1-2H3,(H3,18,19,20,22)/t14-/m1/s1. The van der Waals surface area contributed by atoms with Crippen LogP contribution in [0, 0.1) is 5.92 Å². The number of benzene rings is 2. The Morgan fingerprint density at radius 3 is 2.35 bits per heavy atom. The molecule has 2 rings (SSSR count). The lowest BCUT2D eigenvalue weighted by Gasteiger charge is -2.20. The molecular formula is C17H18N2O4. The van der Waals surface area contributed by atoms with E-state index < -0.39 is 24.0 Å². The quantitative estimate of drug-likeness (QED) is 0.845. The van der Waals surface area contributed by atoms with Gasteiger partial charge in [-0.3, -0.25) is 10.1 Å². The average Bonchev–Trinajstić information content (AvgIpc) is 2.50. The van der Waals surface area contributed by atoms with E-state index in [4.69, 9.17) is 10.5 Å². The summed E-state index contributed by atoms with van der Waals surface area (Å²) < 4.78 is 5.31. The Labute approximate surface area is 133 Å². The second-order valence-electron chi connectivity index (χ2n) is 5.45. The first kappa shape index (κ1) is 16.5. The van der Waals surface area contributed by atoms with Crippen molar-refractivity contribution < 1.29 is 19.1 Å². The molecule has 0 spiro atoms.